The smallest absolute Gasteiger partial charge is 0.255 e. The molecule has 1 aliphatic rings. The Balaban J connectivity index is 2.08. The number of hydrogen-bond donors (Lipinski definition) is 2. The number of rotatable bonds is 2. The first-order chi connectivity index (χ1) is 7.77. The quantitative estimate of drug-likeness (QED) is 0.787. The van der Waals surface area contributed by atoms with Crippen LogP contribution in [0, 0.1) is 0 Å². The molecule has 2 N–H and O–H groups in total. The first-order valence-electron chi connectivity index (χ1n) is 5.18. The van der Waals surface area contributed by atoms with Crippen LogP contribution in [0.3, 0.4) is 0 Å². The van der Waals surface area contributed by atoms with E-state index in [0.29, 0.717) is 17.7 Å². The first-order valence-corrected chi connectivity index (χ1v) is 5.18. The van der Waals surface area contributed by atoms with Crippen molar-refractivity contribution >= 4 is 5.91 Å². The fourth-order valence-electron chi connectivity index (χ4n) is 1.53. The van der Waals surface area contributed by atoms with Crippen LogP contribution in [0.25, 0.3) is 0 Å². The Morgan fingerprint density at radius 3 is 2.75 bits per heavy atom. The van der Waals surface area contributed by atoms with Crippen molar-refractivity contribution in [1.82, 2.24) is 5.32 Å². The minimum absolute atomic E-state index is 0.193. The summed E-state index contributed by atoms with van der Waals surface area (Å²) in [5.41, 5.74) is 1.14. The Morgan fingerprint density at radius 1 is 1.31 bits per heavy atom. The van der Waals surface area contributed by atoms with Gasteiger partial charge in [-0.25, -0.2) is 0 Å². The van der Waals surface area contributed by atoms with Gasteiger partial charge < -0.3 is 10.4 Å². The largest absolute Gasteiger partial charge is 0.387 e. The summed E-state index contributed by atoms with van der Waals surface area (Å²) in [5.74, 6) is -0.193. The number of benzene rings is 1. The molecule has 0 radical (unpaired) electrons. The molecular weight excluding hydrogens is 202 g/mol. The van der Waals surface area contributed by atoms with Crippen LogP contribution in [0.1, 0.15) is 16.8 Å². The van der Waals surface area contributed by atoms with Gasteiger partial charge in [0.2, 0.25) is 0 Å². The van der Waals surface area contributed by atoms with Crippen molar-refractivity contribution in [2.45, 2.75) is 12.5 Å². The van der Waals surface area contributed by atoms with Gasteiger partial charge >= 0.3 is 0 Å². The van der Waals surface area contributed by atoms with E-state index < -0.39 is 6.10 Å². The summed E-state index contributed by atoms with van der Waals surface area (Å²) in [4.78, 5) is 11.8. The molecule has 0 heterocycles. The summed E-state index contributed by atoms with van der Waals surface area (Å²) in [6.45, 7) is 0. The molecule has 1 aromatic carbocycles. The van der Waals surface area contributed by atoms with Crippen LogP contribution in [-0.4, -0.2) is 17.1 Å². The van der Waals surface area contributed by atoms with Gasteiger partial charge in [-0.2, -0.15) is 0 Å². The van der Waals surface area contributed by atoms with Gasteiger partial charge in [-0.15, -0.1) is 0 Å². The SMILES string of the molecule is O=C(NC1=CC=CCC1O)c1ccccc1. The highest BCUT2D eigenvalue weighted by atomic mass is 16.3. The topological polar surface area (TPSA) is 49.3 Å². The lowest BCUT2D eigenvalue weighted by Crippen LogP contribution is -2.30. The average molecular weight is 215 g/mol. The molecule has 1 aliphatic carbocycles. The maximum atomic E-state index is 11.8. The third kappa shape index (κ3) is 2.38. The molecule has 0 bridgehead atoms. The third-order valence-corrected chi connectivity index (χ3v) is 2.42. The molecule has 0 aromatic heterocycles. The van der Waals surface area contributed by atoms with E-state index in [9.17, 15) is 9.90 Å². The zero-order valence-electron chi connectivity index (χ0n) is 8.76. The molecule has 0 spiro atoms. The van der Waals surface area contributed by atoms with E-state index in [2.05, 4.69) is 5.32 Å². The number of nitrogens with one attached hydrogen (secondary N) is 1. The molecule has 1 atom stereocenters. The minimum atomic E-state index is -0.613. The molecule has 3 heteroatoms. The van der Waals surface area contributed by atoms with Gasteiger partial charge in [0.05, 0.1) is 6.10 Å². The predicted molar refractivity (Wildman–Crippen MR) is 61.8 cm³/mol. The number of carbonyl (C=O) groups is 1. The number of amides is 1. The summed E-state index contributed by atoms with van der Waals surface area (Å²) >= 11 is 0. The normalized spacial score (nSPS) is 19.1. The lowest BCUT2D eigenvalue weighted by atomic mass is 10.1. The highest BCUT2D eigenvalue weighted by Gasteiger charge is 2.14. The molecule has 2 rings (SSSR count). The number of allylic oxidation sites excluding steroid dienone is 2. The van der Waals surface area contributed by atoms with Crippen LogP contribution in [0.5, 0.6) is 0 Å². The van der Waals surface area contributed by atoms with Crippen LogP contribution in [0.2, 0.25) is 0 Å². The van der Waals surface area contributed by atoms with Crippen LogP contribution in [0.4, 0.5) is 0 Å². The van der Waals surface area contributed by atoms with Crippen molar-refractivity contribution in [2.75, 3.05) is 0 Å². The number of aliphatic hydroxyl groups is 1. The molecule has 1 aromatic rings. The Bertz CT molecular complexity index is 435. The van der Waals surface area contributed by atoms with Gasteiger partial charge in [0.25, 0.3) is 5.91 Å². The van der Waals surface area contributed by atoms with E-state index in [4.69, 9.17) is 0 Å². The van der Waals surface area contributed by atoms with Gasteiger partial charge in [0.15, 0.2) is 0 Å². The zero-order valence-corrected chi connectivity index (χ0v) is 8.76. The molecule has 0 fully saturated rings. The maximum Gasteiger partial charge on any atom is 0.255 e. The van der Waals surface area contributed by atoms with Crippen molar-refractivity contribution in [3.05, 3.63) is 59.8 Å². The van der Waals surface area contributed by atoms with Gasteiger partial charge in [-0.3, -0.25) is 4.79 Å². The molecule has 1 amide bonds. The van der Waals surface area contributed by atoms with Crippen molar-refractivity contribution in [3.63, 3.8) is 0 Å². The van der Waals surface area contributed by atoms with Gasteiger partial charge in [0.1, 0.15) is 0 Å². The Hall–Kier alpha value is -1.87. The van der Waals surface area contributed by atoms with Crippen molar-refractivity contribution in [2.24, 2.45) is 0 Å². The monoisotopic (exact) mass is 215 g/mol. The van der Waals surface area contributed by atoms with Crippen LogP contribution in [0.15, 0.2) is 54.3 Å². The standard InChI is InChI=1S/C13H13NO2/c15-12-9-5-4-8-11(12)14-13(16)10-6-2-1-3-7-10/h1-8,12,15H,9H2,(H,14,16). The highest BCUT2D eigenvalue weighted by Crippen LogP contribution is 2.11. The average Bonchev–Trinajstić information content (AvgIpc) is 2.33. The lowest BCUT2D eigenvalue weighted by molar-refractivity contribution is 0.0947. The van der Waals surface area contributed by atoms with E-state index in [1.165, 1.54) is 0 Å². The number of hydrogen-bond acceptors (Lipinski definition) is 2. The fourth-order valence-corrected chi connectivity index (χ4v) is 1.53. The molecule has 3 nitrogen and oxygen atoms in total. The van der Waals surface area contributed by atoms with E-state index in [0.717, 1.165) is 0 Å². The van der Waals surface area contributed by atoms with Crippen molar-refractivity contribution in [1.29, 1.82) is 0 Å². The molecular formula is C13H13NO2. The molecule has 1 unspecified atom stereocenters. The second-order valence-electron chi connectivity index (χ2n) is 3.62. The lowest BCUT2D eigenvalue weighted by Gasteiger charge is -2.16. The van der Waals surface area contributed by atoms with Gasteiger partial charge in [-0.05, 0) is 24.6 Å². The summed E-state index contributed by atoms with van der Waals surface area (Å²) in [5, 5.41) is 12.3. The van der Waals surface area contributed by atoms with Crippen LogP contribution in [-0.2, 0) is 0 Å². The molecule has 0 aliphatic heterocycles. The molecule has 82 valence electrons. The Kier molecular flexibility index (Phi) is 3.17. The second kappa shape index (κ2) is 4.77. The predicted octanol–water partition coefficient (Wildman–Crippen LogP) is 1.62. The summed E-state index contributed by atoms with van der Waals surface area (Å²) in [6, 6.07) is 8.94. The third-order valence-electron chi connectivity index (χ3n) is 2.42. The van der Waals surface area contributed by atoms with Crippen molar-refractivity contribution < 1.29 is 9.90 Å². The van der Waals surface area contributed by atoms with Crippen LogP contribution < -0.4 is 5.32 Å². The fraction of sp³-hybridized carbons (Fsp3) is 0.154. The molecule has 0 saturated carbocycles. The van der Waals surface area contributed by atoms with E-state index in [1.807, 2.05) is 18.2 Å². The van der Waals surface area contributed by atoms with Gasteiger partial charge in [-0.1, -0.05) is 30.4 Å². The summed E-state index contributed by atoms with van der Waals surface area (Å²) in [7, 11) is 0. The minimum Gasteiger partial charge on any atom is -0.387 e. The first kappa shape index (κ1) is 10.6. The summed E-state index contributed by atoms with van der Waals surface area (Å²) in [6.07, 6.45) is 5.34. The van der Waals surface area contributed by atoms with E-state index >= 15 is 0 Å². The molecule has 0 saturated heterocycles. The number of aliphatic hydroxyl groups excluding tert-OH is 1. The number of carbonyl (C=O) groups excluding carboxylic acids is 1. The van der Waals surface area contributed by atoms with E-state index in [1.54, 1.807) is 30.3 Å². The second-order valence-corrected chi connectivity index (χ2v) is 3.62. The maximum absolute atomic E-state index is 11.8. The zero-order chi connectivity index (χ0) is 11.4. The Labute approximate surface area is 94.1 Å². The van der Waals surface area contributed by atoms with Crippen molar-refractivity contribution in [3.8, 4) is 0 Å². The van der Waals surface area contributed by atoms with Crippen LogP contribution >= 0.6 is 0 Å². The van der Waals surface area contributed by atoms with E-state index in [-0.39, 0.29) is 5.91 Å². The highest BCUT2D eigenvalue weighted by molar-refractivity contribution is 5.95. The Morgan fingerprint density at radius 2 is 2.06 bits per heavy atom. The summed E-state index contributed by atoms with van der Waals surface area (Å²) < 4.78 is 0. The molecule has 16 heavy (non-hydrogen) atoms. The van der Waals surface area contributed by atoms with Gasteiger partial charge in [0, 0.05) is 11.3 Å².